The Labute approximate surface area is 296 Å². The van der Waals surface area contributed by atoms with Crippen LogP contribution in [0.3, 0.4) is 0 Å². The van der Waals surface area contributed by atoms with E-state index in [-0.39, 0.29) is 36.2 Å². The lowest BCUT2D eigenvalue weighted by molar-refractivity contribution is -0.155. The highest BCUT2D eigenvalue weighted by atomic mass is 16.6. The molecule has 1 aliphatic heterocycles. The lowest BCUT2D eigenvalue weighted by Crippen LogP contribution is -2.46. The Kier molecular flexibility index (Phi) is 10.6. The number of alkyl carbamates (subject to hydrolysis) is 1. The maximum Gasteiger partial charge on any atom is 0.408 e. The van der Waals surface area contributed by atoms with Crippen LogP contribution < -0.4 is 5.32 Å². The van der Waals surface area contributed by atoms with Crippen molar-refractivity contribution in [1.82, 2.24) is 20.3 Å². The molecular weight excluding hydrogens is 626 g/mol. The van der Waals surface area contributed by atoms with Crippen molar-refractivity contribution >= 4 is 34.3 Å². The van der Waals surface area contributed by atoms with Gasteiger partial charge in [0.1, 0.15) is 17.0 Å². The summed E-state index contributed by atoms with van der Waals surface area (Å²) in [5.74, 6) is 0.803. The number of nitrogens with one attached hydrogen (secondary N) is 2. The molecule has 9 heteroatoms. The number of esters is 1. The Morgan fingerprint density at radius 3 is 2.14 bits per heavy atom. The van der Waals surface area contributed by atoms with E-state index in [1.165, 1.54) is 0 Å². The number of carbonyl (C=O) groups is 2. The lowest BCUT2D eigenvalue weighted by atomic mass is 9.92. The molecule has 9 nitrogen and oxygen atoms in total. The molecule has 3 heterocycles. The SMILES string of the molecule is CC(C)[C@H](NC(=O)OC(C)(C)C)C1=NC=C(c2ccc(-c3ccc4nc(-c5cnc([C@@H](CC(=O)OC(C)(C)C)C(C)C)[nH]5)ccc4c3)cc2)C1. The third kappa shape index (κ3) is 9.25. The summed E-state index contributed by atoms with van der Waals surface area (Å²) in [6.07, 6.45) is 4.19. The van der Waals surface area contributed by atoms with Gasteiger partial charge < -0.3 is 19.8 Å². The fourth-order valence-corrected chi connectivity index (χ4v) is 6.08. The van der Waals surface area contributed by atoms with Gasteiger partial charge in [-0.2, -0.15) is 0 Å². The first-order valence-corrected chi connectivity index (χ1v) is 17.5. The molecule has 50 heavy (non-hydrogen) atoms. The number of imidazole rings is 1. The van der Waals surface area contributed by atoms with Crippen LogP contribution in [0.5, 0.6) is 0 Å². The van der Waals surface area contributed by atoms with Crippen molar-refractivity contribution in [3.63, 3.8) is 0 Å². The molecule has 0 fully saturated rings. The number of hydrogen-bond donors (Lipinski definition) is 2. The number of aromatic nitrogens is 3. The van der Waals surface area contributed by atoms with Crippen LogP contribution in [0.1, 0.15) is 99.4 Å². The molecule has 2 aromatic carbocycles. The third-order valence-corrected chi connectivity index (χ3v) is 8.57. The van der Waals surface area contributed by atoms with Crippen molar-refractivity contribution in [1.29, 1.82) is 0 Å². The van der Waals surface area contributed by atoms with Crippen molar-refractivity contribution in [3.05, 3.63) is 78.4 Å². The van der Waals surface area contributed by atoms with Crippen molar-refractivity contribution in [2.24, 2.45) is 16.8 Å². The van der Waals surface area contributed by atoms with Gasteiger partial charge >= 0.3 is 12.1 Å². The second-order valence-corrected chi connectivity index (χ2v) is 15.8. The van der Waals surface area contributed by atoms with Gasteiger partial charge in [0.15, 0.2) is 0 Å². The molecule has 2 aromatic heterocycles. The standard InChI is InChI=1S/C41H51N5O4/c1-24(2)31(21-36(47)49-40(5,6)7)38-43-23-35(45-38)33-18-16-29-19-28(15-17-32(29)44-33)26-11-13-27(14-12-26)30-20-34(42-22-30)37(25(3)4)46-39(48)50-41(8,9)10/h11-19,22-25,31,37H,20-21H2,1-10H3,(H,43,45)(H,46,48)/t31-,37-/m0/s1. The van der Waals surface area contributed by atoms with Gasteiger partial charge in [0.2, 0.25) is 0 Å². The normalized spacial score (nSPS) is 14.8. The number of hydrogen-bond acceptors (Lipinski definition) is 7. The molecule has 0 aliphatic carbocycles. The number of carbonyl (C=O) groups excluding carboxylic acids is 2. The zero-order valence-electron chi connectivity index (χ0n) is 31.0. The predicted molar refractivity (Wildman–Crippen MR) is 201 cm³/mol. The number of H-pyrrole nitrogens is 1. The van der Waals surface area contributed by atoms with Gasteiger partial charge in [0.25, 0.3) is 0 Å². The number of amides is 1. The third-order valence-electron chi connectivity index (χ3n) is 8.57. The zero-order chi connectivity index (χ0) is 36.4. The quantitative estimate of drug-likeness (QED) is 0.161. The number of fused-ring (bicyclic) bond motifs is 1. The summed E-state index contributed by atoms with van der Waals surface area (Å²) in [5.41, 5.74) is 6.75. The Morgan fingerprint density at radius 1 is 0.840 bits per heavy atom. The van der Waals surface area contributed by atoms with Crippen LogP contribution >= 0.6 is 0 Å². The predicted octanol–water partition coefficient (Wildman–Crippen LogP) is 9.50. The second-order valence-electron chi connectivity index (χ2n) is 15.8. The molecular formula is C41H51N5O4. The molecule has 2 atom stereocenters. The van der Waals surface area contributed by atoms with Gasteiger partial charge in [0, 0.05) is 29.6 Å². The van der Waals surface area contributed by atoms with Gasteiger partial charge in [-0.3, -0.25) is 9.79 Å². The summed E-state index contributed by atoms with van der Waals surface area (Å²) in [5, 5.41) is 4.05. The first kappa shape index (κ1) is 36.5. The minimum absolute atomic E-state index is 0.0920. The number of pyridine rings is 1. The molecule has 0 spiro atoms. The number of rotatable bonds is 10. The molecule has 0 saturated carbocycles. The number of benzene rings is 2. The van der Waals surface area contributed by atoms with E-state index in [4.69, 9.17) is 19.5 Å². The Bertz CT molecular complexity index is 1910. The molecule has 1 aliphatic rings. The molecule has 5 rings (SSSR count). The van der Waals surface area contributed by atoms with Crippen LogP contribution in [0.2, 0.25) is 0 Å². The topological polar surface area (TPSA) is 119 Å². The molecule has 0 unspecified atom stereocenters. The van der Waals surface area contributed by atoms with Gasteiger partial charge in [-0.1, -0.05) is 64.1 Å². The van der Waals surface area contributed by atoms with Gasteiger partial charge in [-0.15, -0.1) is 0 Å². The Hall–Kier alpha value is -4.79. The van der Waals surface area contributed by atoms with E-state index >= 15 is 0 Å². The fraction of sp³-hybridized carbons (Fsp3) is 0.439. The highest BCUT2D eigenvalue weighted by Gasteiger charge is 2.28. The molecule has 264 valence electrons. The van der Waals surface area contributed by atoms with E-state index in [0.29, 0.717) is 6.42 Å². The molecule has 0 saturated heterocycles. The Morgan fingerprint density at radius 2 is 1.50 bits per heavy atom. The first-order valence-electron chi connectivity index (χ1n) is 17.5. The van der Waals surface area contributed by atoms with E-state index in [0.717, 1.165) is 56.1 Å². The smallest absolute Gasteiger partial charge is 0.408 e. The van der Waals surface area contributed by atoms with Gasteiger partial charge in [0.05, 0.1) is 35.6 Å². The Balaban J connectivity index is 1.25. The average Bonchev–Trinajstić information content (AvgIpc) is 3.71. The maximum absolute atomic E-state index is 12.6. The molecule has 0 radical (unpaired) electrons. The summed E-state index contributed by atoms with van der Waals surface area (Å²) in [6, 6.07) is 18.7. The average molecular weight is 678 g/mol. The first-order chi connectivity index (χ1) is 23.5. The molecule has 4 aromatic rings. The van der Waals surface area contributed by atoms with Crippen LogP contribution in [-0.2, 0) is 14.3 Å². The minimum atomic E-state index is -0.562. The summed E-state index contributed by atoms with van der Waals surface area (Å²) in [7, 11) is 0. The fourth-order valence-electron chi connectivity index (χ4n) is 6.08. The highest BCUT2D eigenvalue weighted by Crippen LogP contribution is 2.32. The van der Waals surface area contributed by atoms with Crippen LogP contribution in [0.25, 0.3) is 39.0 Å². The van der Waals surface area contributed by atoms with Crippen molar-refractivity contribution < 1.29 is 19.1 Å². The van der Waals surface area contributed by atoms with E-state index in [1.807, 2.05) is 59.9 Å². The number of nitrogens with zero attached hydrogens (tertiary/aromatic N) is 3. The summed E-state index contributed by atoms with van der Waals surface area (Å²) in [4.78, 5) is 42.8. The monoisotopic (exact) mass is 677 g/mol. The maximum atomic E-state index is 12.6. The number of aromatic amines is 1. The van der Waals surface area contributed by atoms with Crippen LogP contribution in [0.4, 0.5) is 4.79 Å². The number of ether oxygens (including phenoxy) is 2. The van der Waals surface area contributed by atoms with E-state index in [1.54, 1.807) is 6.20 Å². The summed E-state index contributed by atoms with van der Waals surface area (Å²) in [6.45, 7) is 19.5. The van der Waals surface area contributed by atoms with Gasteiger partial charge in [-0.25, -0.2) is 14.8 Å². The van der Waals surface area contributed by atoms with Crippen molar-refractivity contribution in [3.8, 4) is 22.5 Å². The highest BCUT2D eigenvalue weighted by molar-refractivity contribution is 6.03. The van der Waals surface area contributed by atoms with Crippen LogP contribution in [-0.4, -0.2) is 50.0 Å². The van der Waals surface area contributed by atoms with Gasteiger partial charge in [-0.05, 0) is 93.8 Å². The minimum Gasteiger partial charge on any atom is -0.460 e. The second kappa shape index (κ2) is 14.6. The lowest BCUT2D eigenvalue weighted by Gasteiger charge is -2.26. The van der Waals surface area contributed by atoms with Crippen molar-refractivity contribution in [2.75, 3.05) is 0 Å². The van der Waals surface area contributed by atoms with E-state index in [9.17, 15) is 9.59 Å². The number of aliphatic imine (C=N–C) groups is 1. The summed E-state index contributed by atoms with van der Waals surface area (Å²) >= 11 is 0. The zero-order valence-corrected chi connectivity index (χ0v) is 31.0. The van der Waals surface area contributed by atoms with Crippen LogP contribution in [0, 0.1) is 11.8 Å². The number of allylic oxidation sites excluding steroid dienone is 1. The largest absolute Gasteiger partial charge is 0.460 e. The molecule has 1 amide bonds. The van der Waals surface area contributed by atoms with Crippen molar-refractivity contribution in [2.45, 2.75) is 105 Å². The van der Waals surface area contributed by atoms with E-state index < -0.39 is 17.3 Å². The molecule has 2 N–H and O–H groups in total. The van der Waals surface area contributed by atoms with Crippen LogP contribution in [0.15, 0.2) is 72.0 Å². The molecule has 0 bridgehead atoms. The summed E-state index contributed by atoms with van der Waals surface area (Å²) < 4.78 is 11.1. The van der Waals surface area contributed by atoms with E-state index in [2.05, 4.69) is 85.4 Å².